The molecule has 1 atom stereocenters. The third-order valence-corrected chi connectivity index (χ3v) is 4.60. The quantitative estimate of drug-likeness (QED) is 0.833. The minimum Gasteiger partial charge on any atom is -0.371 e. The zero-order chi connectivity index (χ0) is 15.5. The first-order valence-corrected chi connectivity index (χ1v) is 7.93. The summed E-state index contributed by atoms with van der Waals surface area (Å²) in [7, 11) is 1.88. The van der Waals surface area contributed by atoms with Crippen molar-refractivity contribution >= 4 is 5.91 Å². The largest absolute Gasteiger partial charge is 0.371 e. The van der Waals surface area contributed by atoms with Crippen LogP contribution in [-0.2, 0) is 16.1 Å². The highest BCUT2D eigenvalue weighted by Crippen LogP contribution is 2.22. The van der Waals surface area contributed by atoms with Gasteiger partial charge in [0.1, 0.15) is 5.82 Å². The predicted octanol–water partition coefficient (Wildman–Crippen LogP) is 1.89. The average molecular weight is 306 g/mol. The van der Waals surface area contributed by atoms with E-state index in [4.69, 9.17) is 4.74 Å². The Kier molecular flexibility index (Phi) is 4.74. The normalized spacial score (nSPS) is 23.6. The maximum absolute atomic E-state index is 13.5. The first-order chi connectivity index (χ1) is 10.6. The summed E-state index contributed by atoms with van der Waals surface area (Å²) in [5.74, 6) is 0.620. The van der Waals surface area contributed by atoms with Crippen molar-refractivity contribution in [2.75, 3.05) is 33.2 Å². The fourth-order valence-corrected chi connectivity index (χ4v) is 3.21. The smallest absolute Gasteiger partial charge is 0.222 e. The number of halogens is 1. The molecule has 2 heterocycles. The number of hydrogen-bond acceptors (Lipinski definition) is 3. The number of amides is 1. The first kappa shape index (κ1) is 15.4. The molecule has 120 valence electrons. The third kappa shape index (κ3) is 3.65. The molecule has 22 heavy (non-hydrogen) atoms. The van der Waals surface area contributed by atoms with E-state index in [1.54, 1.807) is 12.1 Å². The number of carbonyl (C=O) groups excluding carboxylic acids is 1. The number of piperidine rings is 1. The first-order valence-electron chi connectivity index (χ1n) is 7.93. The van der Waals surface area contributed by atoms with Crippen LogP contribution in [0.3, 0.4) is 0 Å². The Hall–Kier alpha value is -1.46. The topological polar surface area (TPSA) is 32.8 Å². The Bertz CT molecular complexity index is 531. The van der Waals surface area contributed by atoms with Crippen molar-refractivity contribution in [2.24, 2.45) is 5.92 Å². The average Bonchev–Trinajstić information content (AvgIpc) is 2.46. The van der Waals surface area contributed by atoms with Crippen molar-refractivity contribution in [1.82, 2.24) is 9.80 Å². The molecule has 0 saturated carbocycles. The van der Waals surface area contributed by atoms with Gasteiger partial charge in [-0.05, 0) is 18.4 Å². The molecule has 1 aromatic rings. The van der Waals surface area contributed by atoms with Crippen molar-refractivity contribution < 1.29 is 13.9 Å². The molecule has 0 aliphatic carbocycles. The van der Waals surface area contributed by atoms with Gasteiger partial charge in [-0.25, -0.2) is 4.39 Å². The fraction of sp³-hybridized carbons (Fsp3) is 0.588. The second-order valence-electron chi connectivity index (χ2n) is 6.42. The van der Waals surface area contributed by atoms with Crippen molar-refractivity contribution in [3.63, 3.8) is 0 Å². The molecule has 2 saturated heterocycles. The van der Waals surface area contributed by atoms with E-state index in [2.05, 4.69) is 4.90 Å². The standard InChI is InChI=1S/C17H23FN2O2/c1-19-8-13(6-7-17(19)21)9-20-10-15(11-20)22-12-14-4-2-3-5-16(14)18/h2-5,13,15H,6-12H2,1H3. The predicted molar refractivity (Wildman–Crippen MR) is 81.8 cm³/mol. The second-order valence-corrected chi connectivity index (χ2v) is 6.42. The summed E-state index contributed by atoms with van der Waals surface area (Å²) < 4.78 is 19.2. The van der Waals surface area contributed by atoms with Gasteiger partial charge in [0, 0.05) is 45.2 Å². The van der Waals surface area contributed by atoms with Crippen LogP contribution >= 0.6 is 0 Å². The lowest BCUT2D eigenvalue weighted by Gasteiger charge is -2.42. The van der Waals surface area contributed by atoms with E-state index in [-0.39, 0.29) is 17.8 Å². The Morgan fingerprint density at radius 1 is 1.27 bits per heavy atom. The van der Waals surface area contributed by atoms with Gasteiger partial charge in [0.05, 0.1) is 12.7 Å². The van der Waals surface area contributed by atoms with Crippen molar-refractivity contribution in [3.8, 4) is 0 Å². The molecule has 2 fully saturated rings. The zero-order valence-corrected chi connectivity index (χ0v) is 13.0. The summed E-state index contributed by atoms with van der Waals surface area (Å²) in [4.78, 5) is 15.7. The van der Waals surface area contributed by atoms with Crippen molar-refractivity contribution in [3.05, 3.63) is 35.6 Å². The molecule has 2 aliphatic heterocycles. The number of rotatable bonds is 5. The Morgan fingerprint density at radius 3 is 2.77 bits per heavy atom. The fourth-order valence-electron chi connectivity index (χ4n) is 3.21. The summed E-state index contributed by atoms with van der Waals surface area (Å²) in [5, 5.41) is 0. The number of likely N-dealkylation sites (tertiary alicyclic amines) is 2. The summed E-state index contributed by atoms with van der Waals surface area (Å²) >= 11 is 0. The number of hydrogen-bond donors (Lipinski definition) is 0. The van der Waals surface area contributed by atoms with Gasteiger partial charge in [0.25, 0.3) is 0 Å². The van der Waals surface area contributed by atoms with Crippen LogP contribution < -0.4 is 0 Å². The highest BCUT2D eigenvalue weighted by molar-refractivity contribution is 5.76. The van der Waals surface area contributed by atoms with Gasteiger partial charge < -0.3 is 9.64 Å². The molecular weight excluding hydrogens is 283 g/mol. The van der Waals surface area contributed by atoms with Crippen LogP contribution in [0.4, 0.5) is 4.39 Å². The molecule has 0 aromatic heterocycles. The van der Waals surface area contributed by atoms with Crippen LogP contribution in [0.25, 0.3) is 0 Å². The zero-order valence-electron chi connectivity index (χ0n) is 13.0. The monoisotopic (exact) mass is 306 g/mol. The Labute approximate surface area is 130 Å². The number of ether oxygens (including phenoxy) is 1. The maximum Gasteiger partial charge on any atom is 0.222 e. The van der Waals surface area contributed by atoms with Gasteiger partial charge in [0.2, 0.25) is 5.91 Å². The second kappa shape index (κ2) is 6.75. The third-order valence-electron chi connectivity index (χ3n) is 4.60. The molecule has 4 nitrogen and oxygen atoms in total. The van der Waals surface area contributed by atoms with Gasteiger partial charge in [-0.3, -0.25) is 9.69 Å². The molecular formula is C17H23FN2O2. The molecule has 5 heteroatoms. The molecule has 3 rings (SSSR count). The summed E-state index contributed by atoms with van der Waals surface area (Å²) in [6.45, 7) is 4.03. The van der Waals surface area contributed by atoms with Crippen LogP contribution in [0.1, 0.15) is 18.4 Å². The lowest BCUT2D eigenvalue weighted by molar-refractivity contribution is -0.134. The summed E-state index contributed by atoms with van der Waals surface area (Å²) in [6, 6.07) is 6.75. The van der Waals surface area contributed by atoms with Gasteiger partial charge in [-0.2, -0.15) is 0 Å². The molecule has 0 bridgehead atoms. The van der Waals surface area contributed by atoms with E-state index in [1.807, 2.05) is 18.0 Å². The maximum atomic E-state index is 13.5. The molecule has 0 spiro atoms. The Morgan fingerprint density at radius 2 is 2.05 bits per heavy atom. The van der Waals surface area contributed by atoms with E-state index < -0.39 is 0 Å². The molecule has 1 unspecified atom stereocenters. The SMILES string of the molecule is CN1CC(CN2CC(OCc3ccccc3F)C2)CCC1=O. The minimum absolute atomic E-state index is 0.197. The minimum atomic E-state index is -0.200. The lowest BCUT2D eigenvalue weighted by atomic mass is 9.96. The molecule has 1 amide bonds. The van der Waals surface area contributed by atoms with Crippen molar-refractivity contribution in [2.45, 2.75) is 25.6 Å². The van der Waals surface area contributed by atoms with Gasteiger partial charge in [0.15, 0.2) is 0 Å². The van der Waals surface area contributed by atoms with Crippen molar-refractivity contribution in [1.29, 1.82) is 0 Å². The summed E-state index contributed by atoms with van der Waals surface area (Å²) in [5.41, 5.74) is 0.619. The number of benzene rings is 1. The number of nitrogens with zero attached hydrogens (tertiary/aromatic N) is 2. The summed E-state index contributed by atoms with van der Waals surface area (Å²) in [6.07, 6.45) is 1.85. The molecule has 0 radical (unpaired) electrons. The van der Waals surface area contributed by atoms with Gasteiger partial charge >= 0.3 is 0 Å². The Balaban J connectivity index is 1.36. The molecule has 2 aliphatic rings. The van der Waals surface area contributed by atoms with Crippen LogP contribution in [-0.4, -0.2) is 55.0 Å². The van der Waals surface area contributed by atoms with Gasteiger partial charge in [-0.15, -0.1) is 0 Å². The van der Waals surface area contributed by atoms with Crippen LogP contribution in [0, 0.1) is 11.7 Å². The van der Waals surface area contributed by atoms with E-state index in [0.29, 0.717) is 24.5 Å². The van der Waals surface area contributed by atoms with E-state index in [0.717, 1.165) is 32.6 Å². The molecule has 0 N–H and O–H groups in total. The van der Waals surface area contributed by atoms with Crippen LogP contribution in [0.5, 0.6) is 0 Å². The highest BCUT2D eigenvalue weighted by atomic mass is 19.1. The van der Waals surface area contributed by atoms with Crippen LogP contribution in [0.15, 0.2) is 24.3 Å². The van der Waals surface area contributed by atoms with Gasteiger partial charge in [-0.1, -0.05) is 18.2 Å². The van der Waals surface area contributed by atoms with E-state index >= 15 is 0 Å². The number of carbonyl (C=O) groups is 1. The van der Waals surface area contributed by atoms with E-state index in [1.165, 1.54) is 6.07 Å². The van der Waals surface area contributed by atoms with Crippen LogP contribution in [0.2, 0.25) is 0 Å². The van der Waals surface area contributed by atoms with E-state index in [9.17, 15) is 9.18 Å². The lowest BCUT2D eigenvalue weighted by Crippen LogP contribution is -2.55. The highest BCUT2D eigenvalue weighted by Gasteiger charge is 2.31. The molecule has 1 aromatic carbocycles.